The van der Waals surface area contributed by atoms with Gasteiger partial charge in [-0.25, -0.2) is 4.98 Å². The number of nitrogens with zero attached hydrogens (tertiary/aromatic N) is 2. The van der Waals surface area contributed by atoms with Crippen molar-refractivity contribution in [3.05, 3.63) is 24.4 Å². The number of amides is 1. The molecule has 2 bridgehead atoms. The molecule has 3 rings (SSSR count). The van der Waals surface area contributed by atoms with Crippen molar-refractivity contribution >= 4 is 17.5 Å². The Morgan fingerprint density at radius 1 is 1.36 bits per heavy atom. The molecule has 1 heterocycles. The molecule has 2 saturated carbocycles. The summed E-state index contributed by atoms with van der Waals surface area (Å²) in [5.41, 5.74) is 0. The van der Waals surface area contributed by atoms with E-state index >= 15 is 0 Å². The summed E-state index contributed by atoms with van der Waals surface area (Å²) >= 11 is 0. The zero-order valence-corrected chi connectivity index (χ0v) is 12.4. The Labute approximate surface area is 129 Å². The molecule has 114 valence electrons. The smallest absolute Gasteiger partial charge is 0.250 e. The first-order valence-corrected chi connectivity index (χ1v) is 7.81. The zero-order valence-electron chi connectivity index (χ0n) is 12.4. The van der Waals surface area contributed by atoms with Crippen LogP contribution in [0.25, 0.3) is 0 Å². The van der Waals surface area contributed by atoms with Crippen LogP contribution in [0.1, 0.15) is 32.1 Å². The van der Waals surface area contributed by atoms with E-state index in [9.17, 15) is 14.9 Å². The highest BCUT2D eigenvalue weighted by atomic mass is 16.2. The molecule has 0 spiro atoms. The molecular formula is C17H19N3O2. The predicted octanol–water partition coefficient (Wildman–Crippen LogP) is 2.56. The topological polar surface area (TPSA) is 82.8 Å². The lowest BCUT2D eigenvalue weighted by Gasteiger charge is -2.21. The van der Waals surface area contributed by atoms with Gasteiger partial charge in [0.1, 0.15) is 5.82 Å². The number of nitriles is 1. The summed E-state index contributed by atoms with van der Waals surface area (Å²) in [5.74, 6) is 0.0343. The van der Waals surface area contributed by atoms with Crippen molar-refractivity contribution in [2.45, 2.75) is 32.1 Å². The van der Waals surface area contributed by atoms with Gasteiger partial charge in [-0.15, -0.1) is 0 Å². The van der Waals surface area contributed by atoms with Crippen molar-refractivity contribution in [2.24, 2.45) is 23.7 Å². The fourth-order valence-electron chi connectivity index (χ4n) is 3.91. The monoisotopic (exact) mass is 297 g/mol. The average molecular weight is 297 g/mol. The maximum Gasteiger partial charge on any atom is 0.250 e. The number of ketones is 1. The third-order valence-electron chi connectivity index (χ3n) is 4.98. The van der Waals surface area contributed by atoms with Crippen LogP contribution in [0, 0.1) is 35.0 Å². The Hall–Kier alpha value is -2.22. The van der Waals surface area contributed by atoms with Crippen molar-refractivity contribution in [2.75, 3.05) is 5.32 Å². The van der Waals surface area contributed by atoms with E-state index < -0.39 is 11.8 Å². The van der Waals surface area contributed by atoms with Gasteiger partial charge in [-0.3, -0.25) is 9.59 Å². The highest BCUT2D eigenvalue weighted by Crippen LogP contribution is 2.49. The van der Waals surface area contributed by atoms with Crippen molar-refractivity contribution in [1.29, 1.82) is 5.26 Å². The number of anilines is 1. The molecule has 0 aliphatic heterocycles. The number of Topliss-reactive ketones (excluding diaryl/α,β-unsaturated/α-hetero) is 1. The van der Waals surface area contributed by atoms with Gasteiger partial charge in [0.05, 0.1) is 6.07 Å². The van der Waals surface area contributed by atoms with E-state index in [2.05, 4.69) is 10.3 Å². The lowest BCUT2D eigenvalue weighted by atomic mass is 9.83. The summed E-state index contributed by atoms with van der Waals surface area (Å²) in [5, 5.41) is 11.7. The van der Waals surface area contributed by atoms with Crippen molar-refractivity contribution in [3.63, 3.8) is 0 Å². The Kier molecular flexibility index (Phi) is 4.19. The molecular weight excluding hydrogens is 278 g/mol. The molecule has 2 fully saturated rings. The highest BCUT2D eigenvalue weighted by Gasteiger charge is 2.41. The van der Waals surface area contributed by atoms with Gasteiger partial charge in [0.15, 0.2) is 11.7 Å². The molecule has 5 nitrogen and oxygen atoms in total. The molecule has 4 atom stereocenters. The number of carbonyl (C=O) groups excluding carboxylic acids is 2. The zero-order chi connectivity index (χ0) is 15.5. The van der Waals surface area contributed by atoms with Crippen molar-refractivity contribution < 1.29 is 9.59 Å². The van der Waals surface area contributed by atoms with Crippen LogP contribution in [0.3, 0.4) is 0 Å². The summed E-state index contributed by atoms with van der Waals surface area (Å²) in [4.78, 5) is 28.4. The number of pyridine rings is 1. The minimum Gasteiger partial charge on any atom is -0.309 e. The Morgan fingerprint density at radius 2 is 2.23 bits per heavy atom. The summed E-state index contributed by atoms with van der Waals surface area (Å²) in [6.07, 6.45) is 6.67. The number of hydrogen-bond acceptors (Lipinski definition) is 4. The van der Waals surface area contributed by atoms with Gasteiger partial charge in [0.25, 0.3) is 5.91 Å². The van der Waals surface area contributed by atoms with E-state index in [1.165, 1.54) is 19.3 Å². The molecule has 1 aromatic rings. The van der Waals surface area contributed by atoms with Gasteiger partial charge in [-0.1, -0.05) is 12.5 Å². The number of rotatable bonds is 5. The normalized spacial score (nSPS) is 27.1. The molecule has 1 N–H and O–H groups in total. The third-order valence-corrected chi connectivity index (χ3v) is 4.98. The van der Waals surface area contributed by atoms with E-state index in [0.717, 1.165) is 12.3 Å². The largest absolute Gasteiger partial charge is 0.309 e. The molecule has 22 heavy (non-hydrogen) atoms. The Morgan fingerprint density at radius 3 is 2.82 bits per heavy atom. The number of aromatic nitrogens is 1. The van der Waals surface area contributed by atoms with Gasteiger partial charge in [0.2, 0.25) is 0 Å². The van der Waals surface area contributed by atoms with Crippen LogP contribution in [0.15, 0.2) is 24.4 Å². The van der Waals surface area contributed by atoms with Gasteiger partial charge in [-0.2, -0.15) is 5.26 Å². The Bertz CT molecular complexity index is 608. The quantitative estimate of drug-likeness (QED) is 0.847. The second-order valence-corrected chi connectivity index (χ2v) is 6.37. The fraction of sp³-hybridized carbons (Fsp3) is 0.529. The molecule has 0 aromatic carbocycles. The molecule has 2 aliphatic rings. The first-order valence-electron chi connectivity index (χ1n) is 7.81. The lowest BCUT2D eigenvalue weighted by Crippen LogP contribution is -2.30. The minimum absolute atomic E-state index is 0.256. The fourth-order valence-corrected chi connectivity index (χ4v) is 3.91. The predicted molar refractivity (Wildman–Crippen MR) is 80.5 cm³/mol. The molecule has 1 amide bonds. The van der Waals surface area contributed by atoms with Crippen LogP contribution in [-0.4, -0.2) is 16.7 Å². The third kappa shape index (κ3) is 3.01. The molecule has 0 saturated heterocycles. The minimum atomic E-state index is -1.24. The summed E-state index contributed by atoms with van der Waals surface area (Å²) in [6.45, 7) is 0. The first kappa shape index (κ1) is 14.7. The number of hydrogen-bond donors (Lipinski definition) is 1. The van der Waals surface area contributed by atoms with Crippen molar-refractivity contribution in [1.82, 2.24) is 4.98 Å². The van der Waals surface area contributed by atoms with Crippen LogP contribution >= 0.6 is 0 Å². The number of carbonyl (C=O) groups is 2. The number of nitrogens with one attached hydrogen (secondary N) is 1. The maximum absolute atomic E-state index is 12.3. The van der Waals surface area contributed by atoms with Gasteiger partial charge < -0.3 is 5.32 Å². The molecule has 1 aromatic heterocycles. The molecule has 0 radical (unpaired) electrons. The average Bonchev–Trinajstić information content (AvgIpc) is 3.11. The lowest BCUT2D eigenvalue weighted by molar-refractivity contribution is -0.129. The van der Waals surface area contributed by atoms with Gasteiger partial charge in [-0.05, 0) is 49.1 Å². The number of fused-ring (bicyclic) bond motifs is 2. The van der Waals surface area contributed by atoms with Crippen LogP contribution in [-0.2, 0) is 9.59 Å². The van der Waals surface area contributed by atoms with Crippen LogP contribution in [0.2, 0.25) is 0 Å². The summed E-state index contributed by atoms with van der Waals surface area (Å²) in [7, 11) is 0. The van der Waals surface area contributed by atoms with E-state index in [-0.39, 0.29) is 5.78 Å². The van der Waals surface area contributed by atoms with Gasteiger partial charge in [0, 0.05) is 12.6 Å². The summed E-state index contributed by atoms with van der Waals surface area (Å²) < 4.78 is 0. The molecule has 2 aliphatic carbocycles. The van der Waals surface area contributed by atoms with Crippen LogP contribution in [0.5, 0.6) is 0 Å². The highest BCUT2D eigenvalue weighted by molar-refractivity contribution is 6.09. The Balaban J connectivity index is 1.59. The summed E-state index contributed by atoms with van der Waals surface area (Å²) in [6, 6.07) is 6.95. The van der Waals surface area contributed by atoms with E-state index in [0.29, 0.717) is 24.1 Å². The second-order valence-electron chi connectivity index (χ2n) is 6.37. The van der Waals surface area contributed by atoms with Crippen molar-refractivity contribution in [3.8, 4) is 6.07 Å². The maximum atomic E-state index is 12.3. The second kappa shape index (κ2) is 6.27. The van der Waals surface area contributed by atoms with Crippen LogP contribution < -0.4 is 5.32 Å². The molecule has 5 heteroatoms. The van der Waals surface area contributed by atoms with Crippen LogP contribution in [0.4, 0.5) is 5.82 Å². The molecule has 4 unspecified atom stereocenters. The SMILES string of the molecule is N#CC(C(=O)CC1CC2CCC1C2)C(=O)Nc1ccccn1. The van der Waals surface area contributed by atoms with E-state index in [1.807, 2.05) is 6.07 Å². The van der Waals surface area contributed by atoms with Gasteiger partial charge >= 0.3 is 0 Å². The van der Waals surface area contributed by atoms with E-state index in [1.54, 1.807) is 24.4 Å². The standard InChI is InChI=1S/C17H19N3O2/c18-10-14(17(22)20-16-3-1-2-6-19-16)15(21)9-13-8-11-4-5-12(13)7-11/h1-3,6,11-14H,4-5,7-9H2,(H,19,20,22). The first-order chi connectivity index (χ1) is 10.7. The van der Waals surface area contributed by atoms with E-state index in [4.69, 9.17) is 0 Å².